The van der Waals surface area contributed by atoms with Crippen molar-refractivity contribution in [2.45, 2.75) is 45.2 Å². The van der Waals surface area contributed by atoms with Crippen LogP contribution in [0.3, 0.4) is 0 Å². The van der Waals surface area contributed by atoms with E-state index in [9.17, 15) is 0 Å². The maximum atomic E-state index is 5.72. The molecule has 0 aliphatic rings. The van der Waals surface area contributed by atoms with E-state index >= 15 is 0 Å². The lowest BCUT2D eigenvalue weighted by atomic mass is 10.3. The summed E-state index contributed by atoms with van der Waals surface area (Å²) in [5.41, 5.74) is 0. The molecular formula is C9H20OSSi. The van der Waals surface area contributed by atoms with E-state index in [1.807, 2.05) is 0 Å². The van der Waals surface area contributed by atoms with Crippen molar-refractivity contribution >= 4 is 20.1 Å². The van der Waals surface area contributed by atoms with Crippen LogP contribution in [0.5, 0.6) is 0 Å². The summed E-state index contributed by atoms with van der Waals surface area (Å²) in [6, 6.07) is 0. The summed E-state index contributed by atoms with van der Waals surface area (Å²) in [4.78, 5) is 0. The molecule has 0 aliphatic heterocycles. The molecule has 0 saturated heterocycles. The molecule has 0 bridgehead atoms. The van der Waals surface area contributed by atoms with Gasteiger partial charge in [-0.05, 0) is 19.6 Å². The van der Waals surface area contributed by atoms with Gasteiger partial charge >= 0.3 is 0 Å². The van der Waals surface area contributed by atoms with Gasteiger partial charge in [0.25, 0.3) is 0 Å². The van der Waals surface area contributed by atoms with Gasteiger partial charge in [0.1, 0.15) is 5.09 Å². The van der Waals surface area contributed by atoms with Crippen LogP contribution in [0.25, 0.3) is 0 Å². The summed E-state index contributed by atoms with van der Waals surface area (Å²) in [6.07, 6.45) is 0. The van der Waals surface area contributed by atoms with E-state index in [0.717, 1.165) is 5.09 Å². The lowest BCUT2D eigenvalue weighted by Crippen LogP contribution is -2.25. The summed E-state index contributed by atoms with van der Waals surface area (Å²) in [5.74, 6) is 0. The fraction of sp³-hybridized carbons (Fsp3) is 0.778. The Morgan fingerprint density at radius 2 is 1.67 bits per heavy atom. The number of thioether (sulfide) groups is 1. The number of hydrogen-bond acceptors (Lipinski definition) is 2. The molecule has 0 spiro atoms. The van der Waals surface area contributed by atoms with Crippen LogP contribution in [0.4, 0.5) is 0 Å². The molecule has 0 amide bonds. The monoisotopic (exact) mass is 204 g/mol. The largest absolute Gasteiger partial charge is 0.540 e. The van der Waals surface area contributed by atoms with E-state index in [4.69, 9.17) is 4.43 Å². The summed E-state index contributed by atoms with van der Waals surface area (Å²) in [5, 5.41) is 0.863. The van der Waals surface area contributed by atoms with Crippen molar-refractivity contribution in [3.8, 4) is 0 Å². The minimum atomic E-state index is -1.44. The maximum absolute atomic E-state index is 5.72. The van der Waals surface area contributed by atoms with Crippen LogP contribution in [0.15, 0.2) is 11.7 Å². The summed E-state index contributed by atoms with van der Waals surface area (Å²) in [7, 11) is -1.44. The van der Waals surface area contributed by atoms with Crippen molar-refractivity contribution in [1.29, 1.82) is 0 Å². The summed E-state index contributed by atoms with van der Waals surface area (Å²) >= 11 is 1.70. The number of rotatable bonds is 3. The van der Waals surface area contributed by atoms with Crippen molar-refractivity contribution < 1.29 is 4.43 Å². The zero-order chi connectivity index (χ0) is 9.99. The Hall–Kier alpha value is 0.107. The standard InChI is InChI=1S/C9H20OSSi/c1-8(10-12(5,6)7)11-9(2,3)4/h1H2,2-7H3. The fourth-order valence-corrected chi connectivity index (χ4v) is 2.99. The normalized spacial score (nSPS) is 12.8. The Morgan fingerprint density at radius 1 is 1.25 bits per heavy atom. The van der Waals surface area contributed by atoms with Gasteiger partial charge in [0.15, 0.2) is 0 Å². The van der Waals surface area contributed by atoms with E-state index in [0.29, 0.717) is 0 Å². The SMILES string of the molecule is C=C(O[Si](C)(C)C)SC(C)(C)C. The molecule has 0 aliphatic carbocycles. The van der Waals surface area contributed by atoms with E-state index < -0.39 is 8.32 Å². The second-order valence-corrected chi connectivity index (χ2v) is 11.1. The predicted octanol–water partition coefficient (Wildman–Crippen LogP) is 3.84. The molecule has 0 unspecified atom stereocenters. The molecule has 72 valence electrons. The molecular weight excluding hydrogens is 184 g/mol. The van der Waals surface area contributed by atoms with Gasteiger partial charge in [0, 0.05) is 4.75 Å². The highest BCUT2D eigenvalue weighted by Crippen LogP contribution is 2.32. The molecule has 0 saturated carbocycles. The van der Waals surface area contributed by atoms with Gasteiger partial charge in [-0.25, -0.2) is 0 Å². The third-order valence-corrected chi connectivity index (χ3v) is 2.77. The zero-order valence-electron chi connectivity index (χ0n) is 9.02. The molecule has 1 nitrogen and oxygen atoms in total. The summed E-state index contributed by atoms with van der Waals surface area (Å²) in [6.45, 7) is 16.9. The van der Waals surface area contributed by atoms with Gasteiger partial charge in [-0.15, -0.1) is 0 Å². The van der Waals surface area contributed by atoms with Crippen molar-refractivity contribution in [3.63, 3.8) is 0 Å². The van der Waals surface area contributed by atoms with Gasteiger partial charge < -0.3 is 4.43 Å². The minimum Gasteiger partial charge on any atom is -0.540 e. The fourth-order valence-electron chi connectivity index (χ4n) is 0.704. The van der Waals surface area contributed by atoms with Crippen LogP contribution >= 0.6 is 11.8 Å². The topological polar surface area (TPSA) is 9.23 Å². The molecule has 0 rings (SSSR count). The lowest BCUT2D eigenvalue weighted by Gasteiger charge is -2.25. The average molecular weight is 204 g/mol. The lowest BCUT2D eigenvalue weighted by molar-refractivity contribution is 0.464. The van der Waals surface area contributed by atoms with E-state index in [-0.39, 0.29) is 4.75 Å². The van der Waals surface area contributed by atoms with Gasteiger partial charge in [-0.2, -0.15) is 0 Å². The molecule has 0 fully saturated rings. The molecule has 0 aromatic heterocycles. The van der Waals surface area contributed by atoms with Crippen LogP contribution < -0.4 is 0 Å². The minimum absolute atomic E-state index is 0.205. The van der Waals surface area contributed by atoms with Gasteiger partial charge in [-0.1, -0.05) is 39.1 Å². The molecule has 0 atom stereocenters. The van der Waals surface area contributed by atoms with Crippen LogP contribution in [-0.2, 0) is 4.43 Å². The van der Waals surface area contributed by atoms with Crippen LogP contribution in [0, 0.1) is 0 Å². The second kappa shape index (κ2) is 3.88. The van der Waals surface area contributed by atoms with E-state index in [1.165, 1.54) is 0 Å². The third-order valence-electron chi connectivity index (χ3n) is 0.840. The highest BCUT2D eigenvalue weighted by atomic mass is 32.2. The van der Waals surface area contributed by atoms with E-state index in [2.05, 4.69) is 47.0 Å². The molecule has 0 radical (unpaired) electrons. The maximum Gasteiger partial charge on any atom is 0.242 e. The molecule has 0 N–H and O–H groups in total. The second-order valence-electron chi connectivity index (χ2n) is 4.80. The quantitative estimate of drug-likeness (QED) is 0.510. The molecule has 12 heavy (non-hydrogen) atoms. The first-order valence-corrected chi connectivity index (χ1v) is 8.39. The van der Waals surface area contributed by atoms with Crippen molar-refractivity contribution in [3.05, 3.63) is 11.7 Å². The zero-order valence-corrected chi connectivity index (χ0v) is 10.8. The Balaban J connectivity index is 3.92. The first kappa shape index (κ1) is 12.1. The number of hydrogen-bond donors (Lipinski definition) is 0. The van der Waals surface area contributed by atoms with E-state index in [1.54, 1.807) is 11.8 Å². The Morgan fingerprint density at radius 3 is 1.92 bits per heavy atom. The third kappa shape index (κ3) is 8.21. The van der Waals surface area contributed by atoms with Crippen LogP contribution in [0.1, 0.15) is 20.8 Å². The molecule has 3 heteroatoms. The van der Waals surface area contributed by atoms with Gasteiger partial charge in [-0.3, -0.25) is 0 Å². The molecule has 0 heterocycles. The summed E-state index contributed by atoms with van der Waals surface area (Å²) < 4.78 is 5.93. The van der Waals surface area contributed by atoms with Gasteiger partial charge in [0.05, 0.1) is 0 Å². The van der Waals surface area contributed by atoms with Crippen molar-refractivity contribution in [1.82, 2.24) is 0 Å². The Kier molecular flexibility index (Phi) is 3.91. The average Bonchev–Trinajstić information content (AvgIpc) is 1.49. The van der Waals surface area contributed by atoms with Crippen molar-refractivity contribution in [2.24, 2.45) is 0 Å². The first-order valence-electron chi connectivity index (χ1n) is 4.17. The Bertz CT molecular complexity index is 146. The molecule has 0 aromatic rings. The Labute approximate surface area is 81.7 Å². The van der Waals surface area contributed by atoms with Gasteiger partial charge in [0.2, 0.25) is 8.32 Å². The van der Waals surface area contributed by atoms with Crippen molar-refractivity contribution in [2.75, 3.05) is 0 Å². The smallest absolute Gasteiger partial charge is 0.242 e. The predicted molar refractivity (Wildman–Crippen MR) is 60.9 cm³/mol. The highest BCUT2D eigenvalue weighted by molar-refractivity contribution is 8.04. The van der Waals surface area contributed by atoms with Crippen LogP contribution in [0.2, 0.25) is 19.6 Å². The van der Waals surface area contributed by atoms with Crippen LogP contribution in [-0.4, -0.2) is 13.1 Å². The molecule has 0 aromatic carbocycles. The highest BCUT2D eigenvalue weighted by Gasteiger charge is 2.20. The first-order chi connectivity index (χ1) is 5.10.